The van der Waals surface area contributed by atoms with Crippen molar-refractivity contribution in [2.75, 3.05) is 12.4 Å². The van der Waals surface area contributed by atoms with Gasteiger partial charge in [0.2, 0.25) is 0 Å². The molecule has 1 fully saturated rings. The van der Waals surface area contributed by atoms with Gasteiger partial charge in [-0.2, -0.15) is 0 Å². The number of aliphatic hydroxyl groups is 1. The van der Waals surface area contributed by atoms with Gasteiger partial charge in [-0.3, -0.25) is 4.98 Å². The summed E-state index contributed by atoms with van der Waals surface area (Å²) in [6.07, 6.45) is 6.46. The SMILES string of the molecule is COc1cncc(C(Nc2ncnc3sc(C)cc23)C2CC(O)C2)c1. The Morgan fingerprint density at radius 1 is 1.28 bits per heavy atom. The highest BCUT2D eigenvalue weighted by molar-refractivity contribution is 7.18. The number of anilines is 1. The van der Waals surface area contributed by atoms with Gasteiger partial charge in [-0.25, -0.2) is 9.97 Å². The number of aliphatic hydroxyl groups excluding tert-OH is 1. The first kappa shape index (κ1) is 16.2. The highest BCUT2D eigenvalue weighted by Gasteiger charge is 2.35. The van der Waals surface area contributed by atoms with Gasteiger partial charge in [0.15, 0.2) is 0 Å². The van der Waals surface area contributed by atoms with Crippen LogP contribution < -0.4 is 10.1 Å². The third kappa shape index (κ3) is 3.17. The van der Waals surface area contributed by atoms with Gasteiger partial charge in [0.1, 0.15) is 22.7 Å². The molecule has 0 saturated heterocycles. The number of hydrogen-bond acceptors (Lipinski definition) is 7. The molecule has 3 aromatic rings. The summed E-state index contributed by atoms with van der Waals surface area (Å²) in [7, 11) is 1.64. The molecule has 1 aliphatic rings. The molecule has 4 rings (SSSR count). The number of ether oxygens (including phenoxy) is 1. The van der Waals surface area contributed by atoms with Crippen molar-refractivity contribution in [1.29, 1.82) is 0 Å². The van der Waals surface area contributed by atoms with E-state index in [4.69, 9.17) is 4.74 Å². The molecule has 7 heteroatoms. The monoisotopic (exact) mass is 356 g/mol. The van der Waals surface area contributed by atoms with Crippen LogP contribution in [0.25, 0.3) is 10.2 Å². The zero-order valence-electron chi connectivity index (χ0n) is 14.1. The third-order valence-corrected chi connectivity index (χ3v) is 5.65. The molecule has 130 valence electrons. The van der Waals surface area contributed by atoms with Crippen LogP contribution in [0.2, 0.25) is 0 Å². The standard InChI is InChI=1S/C18H20N4O2S/c1-10-3-15-17(20-9-21-18(15)25-10)22-16(11-4-13(23)5-11)12-6-14(24-2)8-19-7-12/h3,6-9,11,13,16,23H,4-5H2,1-2H3,(H,20,21,22). The zero-order valence-corrected chi connectivity index (χ0v) is 15.0. The van der Waals surface area contributed by atoms with Crippen LogP contribution in [0, 0.1) is 12.8 Å². The minimum atomic E-state index is -0.221. The summed E-state index contributed by atoms with van der Waals surface area (Å²) in [4.78, 5) is 15.3. The number of nitrogens with one attached hydrogen (secondary N) is 1. The average Bonchev–Trinajstić information content (AvgIpc) is 2.98. The molecule has 3 aromatic heterocycles. The molecule has 0 radical (unpaired) electrons. The fourth-order valence-electron chi connectivity index (χ4n) is 3.33. The van der Waals surface area contributed by atoms with E-state index in [1.54, 1.807) is 31.0 Å². The van der Waals surface area contributed by atoms with Crippen LogP contribution in [-0.2, 0) is 0 Å². The second-order valence-corrected chi connectivity index (χ2v) is 7.70. The summed E-state index contributed by atoms with van der Waals surface area (Å²) in [6, 6.07) is 4.12. The molecule has 0 amide bonds. The minimum absolute atomic E-state index is 0.0179. The number of aryl methyl sites for hydroxylation is 1. The Bertz CT molecular complexity index is 892. The van der Waals surface area contributed by atoms with E-state index in [1.165, 1.54) is 4.88 Å². The molecule has 0 spiro atoms. The normalized spacial score (nSPS) is 20.9. The number of pyridine rings is 1. The highest BCUT2D eigenvalue weighted by Crippen LogP contribution is 2.41. The van der Waals surface area contributed by atoms with Gasteiger partial charge >= 0.3 is 0 Å². The summed E-state index contributed by atoms with van der Waals surface area (Å²) in [5, 5.41) is 14.4. The Hall–Kier alpha value is -2.25. The van der Waals surface area contributed by atoms with Crippen molar-refractivity contribution in [1.82, 2.24) is 15.0 Å². The average molecular weight is 356 g/mol. The quantitative estimate of drug-likeness (QED) is 0.730. The Kier molecular flexibility index (Phi) is 4.27. The summed E-state index contributed by atoms with van der Waals surface area (Å²) in [5.41, 5.74) is 1.04. The van der Waals surface area contributed by atoms with Gasteiger partial charge in [-0.05, 0) is 43.4 Å². The fourth-order valence-corrected chi connectivity index (χ4v) is 4.18. The lowest BCUT2D eigenvalue weighted by Crippen LogP contribution is -2.36. The molecular weight excluding hydrogens is 336 g/mol. The number of hydrogen-bond donors (Lipinski definition) is 2. The van der Waals surface area contributed by atoms with Crippen LogP contribution in [0.3, 0.4) is 0 Å². The van der Waals surface area contributed by atoms with E-state index < -0.39 is 0 Å². The molecule has 0 aromatic carbocycles. The van der Waals surface area contributed by atoms with Crippen LogP contribution >= 0.6 is 11.3 Å². The first-order valence-corrected chi connectivity index (χ1v) is 9.10. The van der Waals surface area contributed by atoms with Gasteiger partial charge in [-0.1, -0.05) is 0 Å². The van der Waals surface area contributed by atoms with Crippen LogP contribution in [-0.4, -0.2) is 33.3 Å². The lowest BCUT2D eigenvalue weighted by Gasteiger charge is -2.38. The predicted octanol–water partition coefficient (Wildman–Crippen LogP) is 3.33. The second kappa shape index (κ2) is 6.57. The van der Waals surface area contributed by atoms with Gasteiger partial charge in [0.25, 0.3) is 0 Å². The Labute approximate surface area is 149 Å². The summed E-state index contributed by atoms with van der Waals surface area (Å²) in [5.74, 6) is 1.88. The molecular formula is C18H20N4O2S. The minimum Gasteiger partial charge on any atom is -0.495 e. The van der Waals surface area contributed by atoms with Crippen molar-refractivity contribution >= 4 is 27.4 Å². The number of aromatic nitrogens is 3. The van der Waals surface area contributed by atoms with E-state index >= 15 is 0 Å². The van der Waals surface area contributed by atoms with E-state index in [1.807, 2.05) is 12.3 Å². The van der Waals surface area contributed by atoms with Crippen molar-refractivity contribution < 1.29 is 9.84 Å². The molecule has 0 bridgehead atoms. The van der Waals surface area contributed by atoms with E-state index in [0.717, 1.165) is 40.2 Å². The van der Waals surface area contributed by atoms with E-state index in [2.05, 4.69) is 33.3 Å². The lowest BCUT2D eigenvalue weighted by molar-refractivity contribution is 0.0339. The molecule has 6 nitrogen and oxygen atoms in total. The second-order valence-electron chi connectivity index (χ2n) is 6.46. The van der Waals surface area contributed by atoms with Crippen LogP contribution in [0.15, 0.2) is 30.9 Å². The van der Waals surface area contributed by atoms with Gasteiger partial charge in [0, 0.05) is 11.1 Å². The first-order valence-electron chi connectivity index (χ1n) is 8.28. The largest absolute Gasteiger partial charge is 0.495 e. The summed E-state index contributed by atoms with van der Waals surface area (Å²) >= 11 is 1.66. The Morgan fingerprint density at radius 3 is 2.88 bits per heavy atom. The molecule has 25 heavy (non-hydrogen) atoms. The van der Waals surface area contributed by atoms with Gasteiger partial charge in [0.05, 0.1) is 30.8 Å². The predicted molar refractivity (Wildman–Crippen MR) is 98.0 cm³/mol. The molecule has 1 atom stereocenters. The number of fused-ring (bicyclic) bond motifs is 1. The number of nitrogens with zero attached hydrogens (tertiary/aromatic N) is 3. The molecule has 3 heterocycles. The van der Waals surface area contributed by atoms with Crippen molar-refractivity contribution in [3.8, 4) is 5.75 Å². The Morgan fingerprint density at radius 2 is 2.12 bits per heavy atom. The lowest BCUT2D eigenvalue weighted by atomic mass is 9.75. The van der Waals surface area contributed by atoms with Crippen molar-refractivity contribution in [3.63, 3.8) is 0 Å². The van der Waals surface area contributed by atoms with Crippen molar-refractivity contribution in [2.24, 2.45) is 5.92 Å². The molecule has 1 aliphatic carbocycles. The Balaban J connectivity index is 1.70. The number of thiophene rings is 1. The topological polar surface area (TPSA) is 80.2 Å². The van der Waals surface area contributed by atoms with Crippen LogP contribution in [0.1, 0.15) is 29.3 Å². The number of methoxy groups -OCH3 is 1. The maximum Gasteiger partial charge on any atom is 0.138 e. The van der Waals surface area contributed by atoms with E-state index in [9.17, 15) is 5.11 Å². The zero-order chi connectivity index (χ0) is 17.4. The molecule has 0 aliphatic heterocycles. The third-order valence-electron chi connectivity index (χ3n) is 4.70. The van der Waals surface area contributed by atoms with Crippen LogP contribution in [0.5, 0.6) is 5.75 Å². The summed E-state index contributed by atoms with van der Waals surface area (Å²) in [6.45, 7) is 2.07. The van der Waals surface area contributed by atoms with Gasteiger partial charge in [-0.15, -0.1) is 11.3 Å². The van der Waals surface area contributed by atoms with Crippen molar-refractivity contribution in [3.05, 3.63) is 41.3 Å². The highest BCUT2D eigenvalue weighted by atomic mass is 32.1. The molecule has 1 unspecified atom stereocenters. The summed E-state index contributed by atoms with van der Waals surface area (Å²) < 4.78 is 5.32. The van der Waals surface area contributed by atoms with Crippen LogP contribution in [0.4, 0.5) is 5.82 Å². The maximum absolute atomic E-state index is 9.76. The smallest absolute Gasteiger partial charge is 0.138 e. The fraction of sp³-hybridized carbons (Fsp3) is 0.389. The molecule has 1 saturated carbocycles. The molecule has 2 N–H and O–H groups in total. The van der Waals surface area contributed by atoms with Gasteiger partial charge < -0.3 is 15.2 Å². The first-order chi connectivity index (χ1) is 12.1. The number of rotatable bonds is 5. The van der Waals surface area contributed by atoms with E-state index in [-0.39, 0.29) is 12.1 Å². The maximum atomic E-state index is 9.76. The van der Waals surface area contributed by atoms with E-state index in [0.29, 0.717) is 5.92 Å². The van der Waals surface area contributed by atoms with Crippen molar-refractivity contribution in [2.45, 2.75) is 31.9 Å².